The van der Waals surface area contributed by atoms with Gasteiger partial charge >= 0.3 is 0 Å². The summed E-state index contributed by atoms with van der Waals surface area (Å²) in [7, 11) is 1.61. The van der Waals surface area contributed by atoms with Gasteiger partial charge in [-0.15, -0.1) is 0 Å². The van der Waals surface area contributed by atoms with Crippen molar-refractivity contribution in [1.29, 1.82) is 0 Å². The fourth-order valence-electron chi connectivity index (χ4n) is 2.13. The van der Waals surface area contributed by atoms with Crippen molar-refractivity contribution in [3.63, 3.8) is 0 Å². The third kappa shape index (κ3) is 2.60. The van der Waals surface area contributed by atoms with Crippen molar-refractivity contribution in [3.05, 3.63) is 27.2 Å². The lowest BCUT2D eigenvalue weighted by atomic mass is 9.90. The molecule has 0 fully saturated rings. The lowest BCUT2D eigenvalue weighted by molar-refractivity contribution is 0.00270. The quantitative estimate of drug-likeness (QED) is 0.840. The molecule has 0 bridgehead atoms. The molecule has 2 rings (SSSR count). The molecule has 0 saturated carbocycles. The number of rotatable bonds is 2. The van der Waals surface area contributed by atoms with Gasteiger partial charge in [-0.1, -0.05) is 27.5 Å². The van der Waals surface area contributed by atoms with Crippen LogP contribution in [-0.2, 0) is 4.84 Å². The maximum atomic E-state index is 6.19. The third-order valence-corrected chi connectivity index (χ3v) is 3.77. The van der Waals surface area contributed by atoms with Crippen molar-refractivity contribution in [2.45, 2.75) is 31.9 Å². The molecular weight excluding hydrogens is 305 g/mol. The number of halogens is 2. The number of hydrogen-bond donors (Lipinski definition) is 1. The van der Waals surface area contributed by atoms with Crippen LogP contribution in [0, 0.1) is 0 Å². The number of ether oxygens (including phenoxy) is 1. The SMILES string of the molecule is CONC1CC(C)(C)Oc2c(Cl)ccc(Br)c21. The van der Waals surface area contributed by atoms with Gasteiger partial charge in [0.25, 0.3) is 0 Å². The molecule has 0 radical (unpaired) electrons. The highest BCUT2D eigenvalue weighted by molar-refractivity contribution is 9.10. The monoisotopic (exact) mass is 319 g/mol. The summed E-state index contributed by atoms with van der Waals surface area (Å²) in [5, 5.41) is 0.624. The highest BCUT2D eigenvalue weighted by atomic mass is 79.9. The molecule has 1 aliphatic heterocycles. The minimum absolute atomic E-state index is 0.0619. The molecule has 3 nitrogen and oxygen atoms in total. The van der Waals surface area contributed by atoms with Crippen LogP contribution in [0.1, 0.15) is 31.9 Å². The molecule has 94 valence electrons. The Kier molecular flexibility index (Phi) is 3.69. The van der Waals surface area contributed by atoms with Crippen molar-refractivity contribution < 1.29 is 9.57 Å². The molecule has 1 aliphatic rings. The van der Waals surface area contributed by atoms with Gasteiger partial charge in [-0.25, -0.2) is 0 Å². The molecule has 1 atom stereocenters. The zero-order valence-corrected chi connectivity index (χ0v) is 12.4. The van der Waals surface area contributed by atoms with Gasteiger partial charge in [0.1, 0.15) is 11.4 Å². The average Bonchev–Trinajstić information content (AvgIpc) is 2.22. The Labute approximate surface area is 115 Å². The second kappa shape index (κ2) is 4.76. The smallest absolute Gasteiger partial charge is 0.144 e. The minimum atomic E-state index is -0.270. The fourth-order valence-corrected chi connectivity index (χ4v) is 2.92. The van der Waals surface area contributed by atoms with Gasteiger partial charge in [-0.05, 0) is 26.0 Å². The maximum Gasteiger partial charge on any atom is 0.144 e. The van der Waals surface area contributed by atoms with Crippen LogP contribution >= 0.6 is 27.5 Å². The predicted molar refractivity (Wildman–Crippen MR) is 71.4 cm³/mol. The maximum absolute atomic E-state index is 6.19. The summed E-state index contributed by atoms with van der Waals surface area (Å²) in [6, 6.07) is 3.81. The van der Waals surface area contributed by atoms with Gasteiger partial charge in [0.2, 0.25) is 0 Å². The number of hydroxylamine groups is 1. The molecule has 0 aromatic heterocycles. The summed E-state index contributed by atoms with van der Waals surface area (Å²) >= 11 is 9.72. The van der Waals surface area contributed by atoms with Gasteiger partial charge in [0.15, 0.2) is 0 Å². The van der Waals surface area contributed by atoms with Gasteiger partial charge < -0.3 is 9.57 Å². The first-order valence-corrected chi connectivity index (χ1v) is 6.57. The zero-order valence-electron chi connectivity index (χ0n) is 10.0. The van der Waals surface area contributed by atoms with Crippen LogP contribution in [0.4, 0.5) is 0 Å². The summed E-state index contributed by atoms with van der Waals surface area (Å²) in [6.45, 7) is 4.08. The zero-order chi connectivity index (χ0) is 12.6. The number of benzene rings is 1. The van der Waals surface area contributed by atoms with Crippen molar-refractivity contribution in [2.24, 2.45) is 0 Å². The van der Waals surface area contributed by atoms with Crippen LogP contribution in [0.25, 0.3) is 0 Å². The Balaban J connectivity index is 2.52. The highest BCUT2D eigenvalue weighted by Gasteiger charge is 2.36. The van der Waals surface area contributed by atoms with Gasteiger partial charge in [0.05, 0.1) is 18.2 Å². The van der Waals surface area contributed by atoms with E-state index in [1.165, 1.54) is 0 Å². The van der Waals surface area contributed by atoms with E-state index in [1.54, 1.807) is 7.11 Å². The van der Waals surface area contributed by atoms with E-state index in [4.69, 9.17) is 21.2 Å². The Morgan fingerprint density at radius 3 is 2.88 bits per heavy atom. The number of fused-ring (bicyclic) bond motifs is 1. The first kappa shape index (κ1) is 13.1. The Morgan fingerprint density at radius 1 is 1.53 bits per heavy atom. The number of nitrogens with one attached hydrogen (secondary N) is 1. The summed E-state index contributed by atoms with van der Waals surface area (Å²) in [4.78, 5) is 5.06. The second-order valence-electron chi connectivity index (χ2n) is 4.71. The van der Waals surface area contributed by atoms with Gasteiger partial charge in [0, 0.05) is 16.5 Å². The topological polar surface area (TPSA) is 30.5 Å². The van der Waals surface area contributed by atoms with E-state index in [2.05, 4.69) is 21.4 Å². The van der Waals surface area contributed by atoms with E-state index in [0.717, 1.165) is 22.2 Å². The molecule has 0 spiro atoms. The molecule has 0 amide bonds. The molecule has 1 heterocycles. The normalized spacial score (nSPS) is 21.8. The van der Waals surface area contributed by atoms with Crippen molar-refractivity contribution in [3.8, 4) is 5.75 Å². The molecule has 5 heteroatoms. The Bertz CT molecular complexity index is 437. The van der Waals surface area contributed by atoms with E-state index < -0.39 is 0 Å². The summed E-state index contributed by atoms with van der Waals surface area (Å²) in [5.74, 6) is 0.729. The molecule has 1 N–H and O–H groups in total. The van der Waals surface area contributed by atoms with E-state index in [9.17, 15) is 0 Å². The van der Waals surface area contributed by atoms with E-state index in [-0.39, 0.29) is 11.6 Å². The minimum Gasteiger partial charge on any atom is -0.486 e. The van der Waals surface area contributed by atoms with Gasteiger partial charge in [-0.2, -0.15) is 5.48 Å². The first-order valence-electron chi connectivity index (χ1n) is 5.40. The Morgan fingerprint density at radius 2 is 2.24 bits per heavy atom. The molecule has 17 heavy (non-hydrogen) atoms. The van der Waals surface area contributed by atoms with Crippen molar-refractivity contribution in [1.82, 2.24) is 5.48 Å². The third-order valence-electron chi connectivity index (χ3n) is 2.78. The first-order chi connectivity index (χ1) is 7.94. The molecule has 0 saturated heterocycles. The van der Waals surface area contributed by atoms with E-state index in [1.807, 2.05) is 26.0 Å². The van der Waals surface area contributed by atoms with Crippen LogP contribution in [0.15, 0.2) is 16.6 Å². The molecule has 1 aromatic rings. The lowest BCUT2D eigenvalue weighted by Crippen LogP contribution is -2.39. The average molecular weight is 321 g/mol. The van der Waals surface area contributed by atoms with Crippen LogP contribution in [0.2, 0.25) is 5.02 Å². The predicted octanol–water partition coefficient (Wildman–Crippen LogP) is 3.86. The Hall–Kier alpha value is -0.290. The van der Waals surface area contributed by atoms with Crippen LogP contribution < -0.4 is 10.2 Å². The van der Waals surface area contributed by atoms with Crippen molar-refractivity contribution >= 4 is 27.5 Å². The van der Waals surface area contributed by atoms with Crippen LogP contribution in [0.3, 0.4) is 0 Å². The van der Waals surface area contributed by atoms with Crippen molar-refractivity contribution in [2.75, 3.05) is 7.11 Å². The summed E-state index contributed by atoms with van der Waals surface area (Å²) in [6.07, 6.45) is 0.812. The largest absolute Gasteiger partial charge is 0.486 e. The summed E-state index contributed by atoms with van der Waals surface area (Å²) < 4.78 is 6.92. The standard InChI is InChI=1S/C12H15BrClNO2/c1-12(2)6-9(15-16-3)10-7(13)4-5-8(14)11(10)17-12/h4-5,9,15H,6H2,1-3H3. The second-order valence-corrected chi connectivity index (χ2v) is 5.97. The molecule has 1 unspecified atom stereocenters. The number of hydrogen-bond acceptors (Lipinski definition) is 3. The fraction of sp³-hybridized carbons (Fsp3) is 0.500. The van der Waals surface area contributed by atoms with Gasteiger partial charge in [-0.3, -0.25) is 0 Å². The summed E-state index contributed by atoms with van der Waals surface area (Å²) in [5.41, 5.74) is 3.74. The molecule has 1 aromatic carbocycles. The highest BCUT2D eigenvalue weighted by Crippen LogP contribution is 2.46. The van der Waals surface area contributed by atoms with Crippen LogP contribution in [-0.4, -0.2) is 12.7 Å². The van der Waals surface area contributed by atoms with E-state index in [0.29, 0.717) is 5.02 Å². The lowest BCUT2D eigenvalue weighted by Gasteiger charge is -2.38. The molecule has 0 aliphatic carbocycles. The van der Waals surface area contributed by atoms with E-state index >= 15 is 0 Å². The van der Waals surface area contributed by atoms with Crippen LogP contribution in [0.5, 0.6) is 5.75 Å². The molecular formula is C12H15BrClNO2.